The van der Waals surface area contributed by atoms with Gasteiger partial charge in [-0.05, 0) is 51.0 Å². The number of hydrogen-bond acceptors (Lipinski definition) is 4. The van der Waals surface area contributed by atoms with E-state index in [1.165, 1.54) is 24.2 Å². The highest BCUT2D eigenvalue weighted by Crippen LogP contribution is 2.21. The average molecular weight is 303 g/mol. The molecular formula is C18H29N3O. The van der Waals surface area contributed by atoms with Crippen molar-refractivity contribution in [2.75, 3.05) is 49.5 Å². The lowest BCUT2D eigenvalue weighted by Gasteiger charge is -2.38. The fourth-order valence-electron chi connectivity index (χ4n) is 3.32. The minimum absolute atomic E-state index is 0.392. The van der Waals surface area contributed by atoms with E-state index in [0.717, 1.165) is 39.3 Å². The molecule has 0 aromatic heterocycles. The molecule has 1 aromatic carbocycles. The Morgan fingerprint density at radius 2 is 1.86 bits per heavy atom. The Labute approximate surface area is 134 Å². The van der Waals surface area contributed by atoms with Crippen LogP contribution in [0, 0.1) is 0 Å². The van der Waals surface area contributed by atoms with Crippen molar-refractivity contribution in [2.24, 2.45) is 0 Å². The summed E-state index contributed by atoms with van der Waals surface area (Å²) in [6.45, 7) is 11.0. The number of anilines is 2. The summed E-state index contributed by atoms with van der Waals surface area (Å²) in [6, 6.07) is 9.52. The fraction of sp³-hybridized carbons (Fsp3) is 0.667. The number of piperazine rings is 1. The zero-order valence-electron chi connectivity index (χ0n) is 13.9. The minimum Gasteiger partial charge on any atom is -0.382 e. The van der Waals surface area contributed by atoms with Crippen LogP contribution in [0.1, 0.15) is 26.7 Å². The van der Waals surface area contributed by atoms with Gasteiger partial charge >= 0.3 is 0 Å². The van der Waals surface area contributed by atoms with Crippen LogP contribution in [0.3, 0.4) is 0 Å². The smallest absolute Gasteiger partial charge is 0.0748 e. The van der Waals surface area contributed by atoms with Gasteiger partial charge in [0.05, 0.1) is 6.10 Å². The maximum atomic E-state index is 5.65. The second-order valence-corrected chi connectivity index (χ2v) is 6.68. The Morgan fingerprint density at radius 1 is 1.14 bits per heavy atom. The number of ether oxygens (including phenoxy) is 1. The van der Waals surface area contributed by atoms with Gasteiger partial charge in [-0.2, -0.15) is 0 Å². The molecule has 0 amide bonds. The van der Waals surface area contributed by atoms with E-state index in [1.54, 1.807) is 0 Å². The van der Waals surface area contributed by atoms with Gasteiger partial charge < -0.3 is 15.0 Å². The first-order valence-corrected chi connectivity index (χ1v) is 8.67. The second kappa shape index (κ2) is 7.34. The highest BCUT2D eigenvalue weighted by atomic mass is 16.5. The largest absolute Gasteiger partial charge is 0.382 e. The van der Waals surface area contributed by atoms with Crippen LogP contribution in [0.2, 0.25) is 0 Å². The topological polar surface area (TPSA) is 27.7 Å². The van der Waals surface area contributed by atoms with Crippen LogP contribution in [0.15, 0.2) is 24.3 Å². The number of nitrogens with one attached hydrogen (secondary N) is 1. The standard InChI is InChI=1S/C18H29N3O/c1-15(2)20-9-11-21(12-10-20)17-7-5-16(6-8-17)19-14-18-4-3-13-22-18/h5-8,15,18-19H,3-4,9-14H2,1-2H3. The van der Waals surface area contributed by atoms with Gasteiger partial charge in [0.1, 0.15) is 0 Å². The van der Waals surface area contributed by atoms with Gasteiger partial charge in [0.25, 0.3) is 0 Å². The number of rotatable bonds is 5. The van der Waals surface area contributed by atoms with E-state index in [-0.39, 0.29) is 0 Å². The van der Waals surface area contributed by atoms with Crippen molar-refractivity contribution in [1.29, 1.82) is 0 Å². The van der Waals surface area contributed by atoms with Crippen LogP contribution in [0.4, 0.5) is 11.4 Å². The molecule has 1 unspecified atom stereocenters. The third-order valence-corrected chi connectivity index (χ3v) is 4.83. The summed E-state index contributed by atoms with van der Waals surface area (Å²) in [5.74, 6) is 0. The summed E-state index contributed by atoms with van der Waals surface area (Å²) in [4.78, 5) is 5.04. The molecule has 1 atom stereocenters. The molecule has 2 aliphatic heterocycles. The van der Waals surface area contributed by atoms with Crippen molar-refractivity contribution in [3.05, 3.63) is 24.3 Å². The zero-order chi connectivity index (χ0) is 15.4. The molecule has 22 heavy (non-hydrogen) atoms. The van der Waals surface area contributed by atoms with Crippen LogP contribution >= 0.6 is 0 Å². The van der Waals surface area contributed by atoms with Crippen LogP contribution in [0.5, 0.6) is 0 Å². The molecule has 4 heteroatoms. The molecular weight excluding hydrogens is 274 g/mol. The average Bonchev–Trinajstić information content (AvgIpc) is 3.07. The predicted octanol–water partition coefficient (Wildman–Crippen LogP) is 2.81. The third-order valence-electron chi connectivity index (χ3n) is 4.83. The predicted molar refractivity (Wildman–Crippen MR) is 92.8 cm³/mol. The Morgan fingerprint density at radius 3 is 2.45 bits per heavy atom. The summed E-state index contributed by atoms with van der Waals surface area (Å²) in [7, 11) is 0. The summed E-state index contributed by atoms with van der Waals surface area (Å²) < 4.78 is 5.65. The maximum absolute atomic E-state index is 5.65. The van der Waals surface area contributed by atoms with E-state index in [9.17, 15) is 0 Å². The van der Waals surface area contributed by atoms with E-state index in [4.69, 9.17) is 4.74 Å². The van der Waals surface area contributed by atoms with Crippen LogP contribution in [-0.2, 0) is 4.74 Å². The van der Waals surface area contributed by atoms with Crippen molar-refractivity contribution >= 4 is 11.4 Å². The van der Waals surface area contributed by atoms with Gasteiger partial charge in [-0.15, -0.1) is 0 Å². The molecule has 0 spiro atoms. The van der Waals surface area contributed by atoms with E-state index < -0.39 is 0 Å². The normalized spacial score (nSPS) is 23.2. The molecule has 2 heterocycles. The van der Waals surface area contributed by atoms with Crippen LogP contribution in [-0.4, -0.2) is 56.4 Å². The van der Waals surface area contributed by atoms with Gasteiger partial charge in [-0.1, -0.05) is 0 Å². The van der Waals surface area contributed by atoms with Crippen LogP contribution in [0.25, 0.3) is 0 Å². The minimum atomic E-state index is 0.392. The van der Waals surface area contributed by atoms with Crippen molar-refractivity contribution in [3.63, 3.8) is 0 Å². The Kier molecular flexibility index (Phi) is 5.21. The third kappa shape index (κ3) is 3.93. The van der Waals surface area contributed by atoms with Gasteiger partial charge in [0, 0.05) is 56.7 Å². The molecule has 2 aliphatic rings. The molecule has 0 radical (unpaired) electrons. The van der Waals surface area contributed by atoms with E-state index >= 15 is 0 Å². The van der Waals surface area contributed by atoms with Gasteiger partial charge in [-0.3, -0.25) is 4.90 Å². The first-order valence-electron chi connectivity index (χ1n) is 8.67. The van der Waals surface area contributed by atoms with Crippen molar-refractivity contribution < 1.29 is 4.74 Å². The lowest BCUT2D eigenvalue weighted by molar-refractivity contribution is 0.120. The summed E-state index contributed by atoms with van der Waals surface area (Å²) in [6.07, 6.45) is 2.78. The summed E-state index contributed by atoms with van der Waals surface area (Å²) in [5.41, 5.74) is 2.53. The molecule has 2 saturated heterocycles. The van der Waals surface area contributed by atoms with E-state index in [0.29, 0.717) is 12.1 Å². The second-order valence-electron chi connectivity index (χ2n) is 6.68. The highest BCUT2D eigenvalue weighted by molar-refractivity contribution is 5.55. The molecule has 2 fully saturated rings. The molecule has 122 valence electrons. The molecule has 4 nitrogen and oxygen atoms in total. The lowest BCUT2D eigenvalue weighted by atomic mass is 10.2. The maximum Gasteiger partial charge on any atom is 0.0748 e. The first kappa shape index (κ1) is 15.6. The monoisotopic (exact) mass is 303 g/mol. The fourth-order valence-corrected chi connectivity index (χ4v) is 3.32. The zero-order valence-corrected chi connectivity index (χ0v) is 13.9. The van der Waals surface area contributed by atoms with Gasteiger partial charge in [0.2, 0.25) is 0 Å². The molecule has 1 aromatic rings. The molecule has 0 aliphatic carbocycles. The van der Waals surface area contributed by atoms with Crippen molar-refractivity contribution in [3.8, 4) is 0 Å². The van der Waals surface area contributed by atoms with Crippen molar-refractivity contribution in [1.82, 2.24) is 4.90 Å². The first-order chi connectivity index (χ1) is 10.7. The summed E-state index contributed by atoms with van der Waals surface area (Å²) >= 11 is 0. The molecule has 3 rings (SSSR count). The van der Waals surface area contributed by atoms with Gasteiger partial charge in [-0.25, -0.2) is 0 Å². The van der Waals surface area contributed by atoms with Crippen molar-refractivity contribution in [2.45, 2.75) is 38.8 Å². The lowest BCUT2D eigenvalue weighted by Crippen LogP contribution is -2.48. The molecule has 0 saturated carbocycles. The van der Waals surface area contributed by atoms with Gasteiger partial charge in [0.15, 0.2) is 0 Å². The van der Waals surface area contributed by atoms with Crippen LogP contribution < -0.4 is 10.2 Å². The Balaban J connectivity index is 1.49. The Hall–Kier alpha value is -1.26. The van der Waals surface area contributed by atoms with E-state index in [1.807, 2.05) is 0 Å². The quantitative estimate of drug-likeness (QED) is 0.905. The van der Waals surface area contributed by atoms with E-state index in [2.05, 4.69) is 53.2 Å². The number of hydrogen-bond donors (Lipinski definition) is 1. The molecule has 1 N–H and O–H groups in total. The summed E-state index contributed by atoms with van der Waals surface area (Å²) in [5, 5.41) is 3.49. The SMILES string of the molecule is CC(C)N1CCN(c2ccc(NCC3CCCO3)cc2)CC1. The molecule has 0 bridgehead atoms. The number of benzene rings is 1. The number of nitrogens with zero attached hydrogens (tertiary/aromatic N) is 2. The Bertz CT molecular complexity index is 446. The highest BCUT2D eigenvalue weighted by Gasteiger charge is 2.19.